The fourth-order valence-electron chi connectivity index (χ4n) is 2.30. The van der Waals surface area contributed by atoms with Crippen molar-refractivity contribution < 1.29 is 14.3 Å². The molecule has 0 spiro atoms. The van der Waals surface area contributed by atoms with Crippen molar-refractivity contribution in [3.05, 3.63) is 35.9 Å². The summed E-state index contributed by atoms with van der Waals surface area (Å²) in [4.78, 5) is 23.8. The molecule has 0 aliphatic rings. The van der Waals surface area contributed by atoms with Gasteiger partial charge in [-0.05, 0) is 31.7 Å². The third-order valence-electron chi connectivity index (χ3n) is 3.17. The van der Waals surface area contributed by atoms with Crippen molar-refractivity contribution in [3.63, 3.8) is 0 Å². The van der Waals surface area contributed by atoms with Gasteiger partial charge < -0.3 is 15.4 Å². The van der Waals surface area contributed by atoms with Gasteiger partial charge in [0, 0.05) is 18.5 Å². The zero-order valence-electron chi connectivity index (χ0n) is 14.5. The summed E-state index contributed by atoms with van der Waals surface area (Å²) in [6, 6.07) is 9.37. The largest absolute Gasteiger partial charge is 0.445 e. The fraction of sp³-hybridized carbons (Fsp3) is 0.579. The Morgan fingerprint density at radius 3 is 2.21 bits per heavy atom. The summed E-state index contributed by atoms with van der Waals surface area (Å²) in [6.07, 6.45) is 0.500. The topological polar surface area (TPSA) is 67.4 Å². The highest BCUT2D eigenvalue weighted by Gasteiger charge is 2.19. The Bertz CT molecular complexity index is 487. The minimum absolute atomic E-state index is 0. The van der Waals surface area contributed by atoms with Gasteiger partial charge in [-0.25, -0.2) is 4.79 Å². The molecule has 0 radical (unpaired) electrons. The summed E-state index contributed by atoms with van der Waals surface area (Å²) in [6.45, 7) is 8.17. The molecular formula is C19H32N2O3. The van der Waals surface area contributed by atoms with E-state index in [1.165, 1.54) is 0 Å². The van der Waals surface area contributed by atoms with Crippen LogP contribution in [0.3, 0.4) is 0 Å². The monoisotopic (exact) mass is 336 g/mol. The summed E-state index contributed by atoms with van der Waals surface area (Å²) in [7, 11) is 0. The first-order valence-electron chi connectivity index (χ1n) is 8.13. The number of nitrogens with one attached hydrogen (secondary N) is 2. The van der Waals surface area contributed by atoms with E-state index < -0.39 is 6.09 Å². The van der Waals surface area contributed by atoms with Gasteiger partial charge in [-0.2, -0.15) is 0 Å². The molecule has 0 bridgehead atoms. The molecule has 0 saturated carbocycles. The molecule has 0 fully saturated rings. The zero-order chi connectivity index (χ0) is 17.2. The lowest BCUT2D eigenvalue weighted by Crippen LogP contribution is -2.41. The van der Waals surface area contributed by atoms with Crippen molar-refractivity contribution in [2.24, 2.45) is 5.92 Å². The molecule has 1 atom stereocenters. The average Bonchev–Trinajstić information content (AvgIpc) is 2.44. The van der Waals surface area contributed by atoms with Gasteiger partial charge in [-0.3, -0.25) is 4.79 Å². The van der Waals surface area contributed by atoms with Crippen LogP contribution in [0.25, 0.3) is 0 Å². The first-order chi connectivity index (χ1) is 10.9. The second-order valence-electron chi connectivity index (χ2n) is 6.46. The van der Waals surface area contributed by atoms with Crippen LogP contribution in [0.1, 0.15) is 53.5 Å². The van der Waals surface area contributed by atoms with E-state index >= 15 is 0 Å². The Labute approximate surface area is 146 Å². The minimum Gasteiger partial charge on any atom is -0.445 e. The Morgan fingerprint density at radius 1 is 1.04 bits per heavy atom. The number of rotatable bonds is 8. The highest BCUT2D eigenvalue weighted by atomic mass is 16.5. The highest BCUT2D eigenvalue weighted by Crippen LogP contribution is 2.09. The maximum Gasteiger partial charge on any atom is 0.407 e. The zero-order valence-corrected chi connectivity index (χ0v) is 14.5. The summed E-state index contributed by atoms with van der Waals surface area (Å²) in [5.74, 6) is 0.315. The SMILES string of the molecule is C.CC(C)C[C@@H](CC(=O)NC(C)C)NC(=O)OCc1ccccc1. The first kappa shape index (κ1) is 22.0. The van der Waals surface area contributed by atoms with E-state index in [-0.39, 0.29) is 38.4 Å². The molecule has 24 heavy (non-hydrogen) atoms. The van der Waals surface area contributed by atoms with Gasteiger partial charge in [0.15, 0.2) is 0 Å². The van der Waals surface area contributed by atoms with Gasteiger partial charge >= 0.3 is 6.09 Å². The van der Waals surface area contributed by atoms with Crippen molar-refractivity contribution >= 4 is 12.0 Å². The Balaban J connectivity index is 0.00000529. The molecule has 5 nitrogen and oxygen atoms in total. The van der Waals surface area contributed by atoms with Gasteiger partial charge in [0.05, 0.1) is 0 Å². The molecule has 2 N–H and O–H groups in total. The van der Waals surface area contributed by atoms with Crippen LogP contribution in [-0.4, -0.2) is 24.1 Å². The minimum atomic E-state index is -0.489. The quantitative estimate of drug-likeness (QED) is 0.757. The van der Waals surface area contributed by atoms with Crippen LogP contribution >= 0.6 is 0 Å². The first-order valence-corrected chi connectivity index (χ1v) is 8.13. The molecule has 1 rings (SSSR count). The number of benzene rings is 1. The number of hydrogen-bond donors (Lipinski definition) is 2. The van der Waals surface area contributed by atoms with E-state index in [1.807, 2.05) is 44.2 Å². The molecule has 0 aromatic heterocycles. The van der Waals surface area contributed by atoms with Crippen LogP contribution in [0.4, 0.5) is 4.79 Å². The molecule has 0 unspecified atom stereocenters. The van der Waals surface area contributed by atoms with Crippen molar-refractivity contribution in [1.29, 1.82) is 0 Å². The van der Waals surface area contributed by atoms with Crippen LogP contribution in [0, 0.1) is 5.92 Å². The lowest BCUT2D eigenvalue weighted by molar-refractivity contribution is -0.122. The van der Waals surface area contributed by atoms with E-state index in [1.54, 1.807) is 0 Å². The Kier molecular flexibility index (Phi) is 10.5. The standard InChI is InChI=1S/C18H28N2O3.CH4/c1-13(2)10-16(11-17(21)19-14(3)4)20-18(22)23-12-15-8-6-5-7-9-15;/h5-9,13-14,16H,10-12H2,1-4H3,(H,19,21)(H,20,22);1H4/t16-;/m0./s1. The summed E-state index contributed by atoms with van der Waals surface area (Å²) < 4.78 is 5.22. The van der Waals surface area contributed by atoms with Crippen LogP contribution in [-0.2, 0) is 16.1 Å². The summed E-state index contributed by atoms with van der Waals surface area (Å²) in [5.41, 5.74) is 0.931. The van der Waals surface area contributed by atoms with Crippen LogP contribution in [0.2, 0.25) is 0 Å². The van der Waals surface area contributed by atoms with Crippen LogP contribution in [0.5, 0.6) is 0 Å². The molecule has 0 aliphatic heterocycles. The van der Waals surface area contributed by atoms with Gasteiger partial charge in [0.1, 0.15) is 6.61 Å². The molecular weight excluding hydrogens is 304 g/mol. The lowest BCUT2D eigenvalue weighted by Gasteiger charge is -2.20. The van der Waals surface area contributed by atoms with Gasteiger partial charge in [0.2, 0.25) is 5.91 Å². The Morgan fingerprint density at radius 2 is 1.67 bits per heavy atom. The molecule has 1 aromatic rings. The summed E-state index contributed by atoms with van der Waals surface area (Å²) >= 11 is 0. The van der Waals surface area contributed by atoms with Crippen LogP contribution < -0.4 is 10.6 Å². The number of carbonyl (C=O) groups is 2. The maximum atomic E-state index is 11.9. The summed E-state index contributed by atoms with van der Waals surface area (Å²) in [5, 5.41) is 5.65. The third-order valence-corrected chi connectivity index (χ3v) is 3.17. The Hall–Kier alpha value is -2.04. The van der Waals surface area contributed by atoms with Crippen molar-refractivity contribution in [1.82, 2.24) is 10.6 Å². The second-order valence-corrected chi connectivity index (χ2v) is 6.46. The van der Waals surface area contributed by atoms with E-state index in [0.717, 1.165) is 12.0 Å². The average molecular weight is 336 g/mol. The smallest absolute Gasteiger partial charge is 0.407 e. The number of alkyl carbamates (subject to hydrolysis) is 1. The number of amides is 2. The lowest BCUT2D eigenvalue weighted by atomic mass is 10.0. The van der Waals surface area contributed by atoms with E-state index in [4.69, 9.17) is 4.74 Å². The second kappa shape index (κ2) is 11.5. The number of hydrogen-bond acceptors (Lipinski definition) is 3. The van der Waals surface area contributed by atoms with Gasteiger partial charge in [-0.1, -0.05) is 51.6 Å². The molecule has 0 aliphatic carbocycles. The van der Waals surface area contributed by atoms with E-state index in [0.29, 0.717) is 5.92 Å². The molecule has 136 valence electrons. The number of ether oxygens (including phenoxy) is 1. The van der Waals surface area contributed by atoms with E-state index in [9.17, 15) is 9.59 Å². The molecule has 5 heteroatoms. The van der Waals surface area contributed by atoms with E-state index in [2.05, 4.69) is 24.5 Å². The number of carbonyl (C=O) groups excluding carboxylic acids is 2. The molecule has 1 aromatic carbocycles. The third kappa shape index (κ3) is 9.87. The highest BCUT2D eigenvalue weighted by molar-refractivity contribution is 5.77. The van der Waals surface area contributed by atoms with Crippen LogP contribution in [0.15, 0.2) is 30.3 Å². The van der Waals surface area contributed by atoms with Crippen molar-refractivity contribution in [2.75, 3.05) is 0 Å². The predicted molar refractivity (Wildman–Crippen MR) is 97.6 cm³/mol. The molecule has 0 heterocycles. The normalized spacial score (nSPS) is 11.6. The fourth-order valence-corrected chi connectivity index (χ4v) is 2.30. The van der Waals surface area contributed by atoms with Gasteiger partial charge in [0.25, 0.3) is 0 Å². The predicted octanol–water partition coefficient (Wildman–Crippen LogP) is 3.88. The van der Waals surface area contributed by atoms with Crippen molar-refractivity contribution in [2.45, 2.75) is 66.7 Å². The maximum absolute atomic E-state index is 11.9. The van der Waals surface area contributed by atoms with Crippen molar-refractivity contribution in [3.8, 4) is 0 Å². The van der Waals surface area contributed by atoms with Gasteiger partial charge in [-0.15, -0.1) is 0 Å². The molecule has 2 amide bonds. The molecule has 0 saturated heterocycles.